The van der Waals surface area contributed by atoms with Crippen LogP contribution in [0.3, 0.4) is 0 Å². The molecule has 6 heteroatoms. The van der Waals surface area contributed by atoms with Gasteiger partial charge in [-0.05, 0) is 30.7 Å². The van der Waals surface area contributed by atoms with Crippen LogP contribution >= 0.6 is 0 Å². The highest BCUT2D eigenvalue weighted by molar-refractivity contribution is 6.22. The SMILES string of the molecule is O=C1C2=C(C(=O)N1C(F)(F)F)C1(c3ccccc3)CCC2C1. The molecule has 114 valence electrons. The molecule has 0 saturated heterocycles. The molecule has 1 aliphatic heterocycles. The predicted octanol–water partition coefficient (Wildman–Crippen LogP) is 2.92. The maximum Gasteiger partial charge on any atom is 0.494 e. The lowest BCUT2D eigenvalue weighted by Crippen LogP contribution is -2.45. The van der Waals surface area contributed by atoms with Gasteiger partial charge in [-0.25, -0.2) is 0 Å². The summed E-state index contributed by atoms with van der Waals surface area (Å²) in [7, 11) is 0. The second-order valence-electron chi connectivity index (χ2n) is 6.09. The van der Waals surface area contributed by atoms with Crippen LogP contribution in [0.4, 0.5) is 13.2 Å². The summed E-state index contributed by atoms with van der Waals surface area (Å²) < 4.78 is 39.1. The van der Waals surface area contributed by atoms with E-state index in [9.17, 15) is 22.8 Å². The Hall–Kier alpha value is -2.11. The lowest BCUT2D eigenvalue weighted by atomic mass is 9.73. The van der Waals surface area contributed by atoms with E-state index in [1.54, 1.807) is 12.1 Å². The zero-order chi connectivity index (χ0) is 15.7. The lowest BCUT2D eigenvalue weighted by Gasteiger charge is -2.30. The Morgan fingerprint density at radius 2 is 1.77 bits per heavy atom. The second-order valence-corrected chi connectivity index (χ2v) is 6.09. The molecule has 2 amide bonds. The summed E-state index contributed by atoms with van der Waals surface area (Å²) in [5, 5.41) is 0. The molecule has 2 atom stereocenters. The lowest BCUT2D eigenvalue weighted by molar-refractivity contribution is -0.231. The highest BCUT2D eigenvalue weighted by Gasteiger charge is 2.64. The number of fused-ring (bicyclic) bond motifs is 4. The van der Waals surface area contributed by atoms with E-state index in [1.165, 1.54) is 0 Å². The van der Waals surface area contributed by atoms with Gasteiger partial charge in [-0.15, -0.1) is 13.2 Å². The summed E-state index contributed by atoms with van der Waals surface area (Å²) in [5.74, 6) is -2.59. The molecule has 2 unspecified atom stereocenters. The van der Waals surface area contributed by atoms with E-state index in [0.717, 1.165) is 5.56 Å². The Morgan fingerprint density at radius 1 is 1.09 bits per heavy atom. The van der Waals surface area contributed by atoms with Crippen LogP contribution in [0.5, 0.6) is 0 Å². The number of imide groups is 1. The maximum absolute atomic E-state index is 13.0. The Morgan fingerprint density at radius 3 is 2.41 bits per heavy atom. The smallest absolute Gasteiger partial charge is 0.269 e. The van der Waals surface area contributed by atoms with Gasteiger partial charge < -0.3 is 0 Å². The molecular formula is C16H12F3NO2. The number of nitrogens with zero attached hydrogens (tertiary/aromatic N) is 1. The first-order chi connectivity index (χ1) is 10.4. The number of hydrogen-bond acceptors (Lipinski definition) is 2. The minimum atomic E-state index is -4.96. The molecular weight excluding hydrogens is 295 g/mol. The number of benzene rings is 1. The molecule has 1 heterocycles. The van der Waals surface area contributed by atoms with Crippen LogP contribution < -0.4 is 0 Å². The van der Waals surface area contributed by atoms with E-state index >= 15 is 0 Å². The first kappa shape index (κ1) is 13.5. The number of carbonyl (C=O) groups is 2. The quantitative estimate of drug-likeness (QED) is 0.591. The number of carbonyl (C=O) groups excluding carboxylic acids is 2. The molecule has 0 N–H and O–H groups in total. The molecule has 1 aromatic carbocycles. The van der Waals surface area contributed by atoms with Gasteiger partial charge in [0.15, 0.2) is 0 Å². The molecule has 0 radical (unpaired) electrons. The number of rotatable bonds is 1. The fraction of sp³-hybridized carbons (Fsp3) is 0.375. The topological polar surface area (TPSA) is 37.4 Å². The van der Waals surface area contributed by atoms with Crippen molar-refractivity contribution < 1.29 is 22.8 Å². The van der Waals surface area contributed by atoms with Gasteiger partial charge in [-0.3, -0.25) is 9.59 Å². The van der Waals surface area contributed by atoms with Crippen LogP contribution in [-0.2, 0) is 15.0 Å². The van der Waals surface area contributed by atoms with E-state index in [-0.39, 0.29) is 17.1 Å². The number of amides is 2. The molecule has 1 fully saturated rings. The van der Waals surface area contributed by atoms with Crippen molar-refractivity contribution in [3.8, 4) is 0 Å². The summed E-state index contributed by atoms with van der Waals surface area (Å²) in [6.07, 6.45) is -3.13. The summed E-state index contributed by atoms with van der Waals surface area (Å²) in [6, 6.07) is 9.08. The van der Waals surface area contributed by atoms with E-state index < -0.39 is 28.4 Å². The number of hydrogen-bond donors (Lipinski definition) is 0. The van der Waals surface area contributed by atoms with E-state index in [1.807, 2.05) is 18.2 Å². The van der Waals surface area contributed by atoms with Crippen molar-refractivity contribution in [2.75, 3.05) is 0 Å². The Balaban J connectivity index is 1.88. The monoisotopic (exact) mass is 307 g/mol. The predicted molar refractivity (Wildman–Crippen MR) is 70.4 cm³/mol. The average molecular weight is 307 g/mol. The standard InChI is InChI=1S/C16H12F3NO2/c17-16(18,19)20-13(21)11-9-6-7-15(8-9,12(11)14(20)22)10-4-2-1-3-5-10/h1-5,9H,6-8H2. The number of likely N-dealkylation sites (tertiary alicyclic amines) is 1. The summed E-state index contributed by atoms with van der Waals surface area (Å²) in [5.41, 5.74) is 0.274. The third kappa shape index (κ3) is 1.47. The Bertz CT molecular complexity index is 723. The summed E-state index contributed by atoms with van der Waals surface area (Å²) in [6.45, 7) is 0. The molecule has 3 nitrogen and oxygen atoms in total. The van der Waals surface area contributed by atoms with Gasteiger partial charge in [0.2, 0.25) is 0 Å². The van der Waals surface area contributed by atoms with Gasteiger partial charge >= 0.3 is 6.30 Å². The van der Waals surface area contributed by atoms with Gasteiger partial charge in [0.25, 0.3) is 11.8 Å². The van der Waals surface area contributed by atoms with Crippen molar-refractivity contribution in [3.05, 3.63) is 47.0 Å². The zero-order valence-corrected chi connectivity index (χ0v) is 11.5. The van der Waals surface area contributed by atoms with Crippen molar-refractivity contribution >= 4 is 11.8 Å². The molecule has 2 bridgehead atoms. The molecule has 2 aliphatic carbocycles. The van der Waals surface area contributed by atoms with Crippen LogP contribution in [0.25, 0.3) is 0 Å². The molecule has 3 aliphatic rings. The zero-order valence-electron chi connectivity index (χ0n) is 11.5. The Labute approximate surface area is 124 Å². The fourth-order valence-corrected chi connectivity index (χ4v) is 4.30. The third-order valence-electron chi connectivity index (χ3n) is 5.10. The first-order valence-electron chi connectivity index (χ1n) is 7.12. The maximum atomic E-state index is 13.0. The fourth-order valence-electron chi connectivity index (χ4n) is 4.30. The van der Waals surface area contributed by atoms with Gasteiger partial charge in [0, 0.05) is 16.6 Å². The first-order valence-corrected chi connectivity index (χ1v) is 7.12. The van der Waals surface area contributed by atoms with Gasteiger partial charge in [-0.1, -0.05) is 30.3 Å². The van der Waals surface area contributed by atoms with E-state index in [2.05, 4.69) is 0 Å². The third-order valence-corrected chi connectivity index (χ3v) is 5.10. The molecule has 22 heavy (non-hydrogen) atoms. The van der Waals surface area contributed by atoms with Crippen molar-refractivity contribution in [2.24, 2.45) is 5.92 Å². The minimum Gasteiger partial charge on any atom is -0.269 e. The average Bonchev–Trinajstić information content (AvgIpc) is 3.10. The van der Waals surface area contributed by atoms with Gasteiger partial charge in [0.05, 0.1) is 0 Å². The minimum absolute atomic E-state index is 0.0808. The van der Waals surface area contributed by atoms with Gasteiger partial charge in [0.1, 0.15) is 0 Å². The normalized spacial score (nSPS) is 30.5. The highest BCUT2D eigenvalue weighted by Crippen LogP contribution is 2.61. The van der Waals surface area contributed by atoms with Gasteiger partial charge in [-0.2, -0.15) is 4.90 Å². The van der Waals surface area contributed by atoms with Crippen LogP contribution in [-0.4, -0.2) is 23.0 Å². The van der Waals surface area contributed by atoms with Crippen molar-refractivity contribution in [3.63, 3.8) is 0 Å². The largest absolute Gasteiger partial charge is 0.494 e. The molecule has 0 aromatic heterocycles. The second kappa shape index (κ2) is 4.00. The summed E-state index contributed by atoms with van der Waals surface area (Å²) >= 11 is 0. The van der Waals surface area contributed by atoms with Crippen LogP contribution in [0.1, 0.15) is 24.8 Å². The number of halogens is 3. The highest BCUT2D eigenvalue weighted by atomic mass is 19.4. The van der Waals surface area contributed by atoms with Crippen molar-refractivity contribution in [1.29, 1.82) is 0 Å². The van der Waals surface area contributed by atoms with Crippen molar-refractivity contribution in [2.45, 2.75) is 31.0 Å². The van der Waals surface area contributed by atoms with Crippen molar-refractivity contribution in [1.82, 2.24) is 4.90 Å². The molecule has 1 aromatic rings. The van der Waals surface area contributed by atoms with Crippen LogP contribution in [0, 0.1) is 5.92 Å². The van der Waals surface area contributed by atoms with Crippen LogP contribution in [0.2, 0.25) is 0 Å². The molecule has 4 rings (SSSR count). The summed E-state index contributed by atoms with van der Waals surface area (Å²) in [4.78, 5) is 24.0. The number of alkyl halides is 3. The van der Waals surface area contributed by atoms with E-state index in [4.69, 9.17) is 0 Å². The molecule has 0 spiro atoms. The molecule has 1 saturated carbocycles. The Kier molecular flexibility index (Phi) is 2.46. The van der Waals surface area contributed by atoms with E-state index in [0.29, 0.717) is 19.3 Å². The van der Waals surface area contributed by atoms with Crippen LogP contribution in [0.15, 0.2) is 41.5 Å².